The van der Waals surface area contributed by atoms with Crippen LogP contribution in [0.25, 0.3) is 22.4 Å². The standard InChI is InChI=1S/C24H29N5O2/c1-14-7-8-25-23(30)18(14)22-26-20-15(2)17-13-29(12-6-11-28-9-4-5-10-28)24(31)19(17)16(3)21(20)27-22/h7-8H,4-6,9-13H2,1-3H3,(H,25,30)(H,26,27). The van der Waals surface area contributed by atoms with E-state index >= 15 is 0 Å². The number of benzene rings is 1. The molecule has 31 heavy (non-hydrogen) atoms. The van der Waals surface area contributed by atoms with Crippen molar-refractivity contribution in [1.29, 1.82) is 0 Å². The van der Waals surface area contributed by atoms with Gasteiger partial charge < -0.3 is 19.8 Å². The summed E-state index contributed by atoms with van der Waals surface area (Å²) in [6.07, 6.45) is 5.24. The Morgan fingerprint density at radius 1 is 1.03 bits per heavy atom. The molecular weight excluding hydrogens is 390 g/mol. The number of aromatic nitrogens is 3. The van der Waals surface area contributed by atoms with Crippen LogP contribution < -0.4 is 5.56 Å². The zero-order chi connectivity index (χ0) is 21.7. The predicted molar refractivity (Wildman–Crippen MR) is 121 cm³/mol. The van der Waals surface area contributed by atoms with E-state index in [0.29, 0.717) is 17.9 Å². The summed E-state index contributed by atoms with van der Waals surface area (Å²) in [5.41, 5.74) is 6.78. The van der Waals surface area contributed by atoms with Crippen LogP contribution >= 0.6 is 0 Å². The van der Waals surface area contributed by atoms with Gasteiger partial charge in [0.1, 0.15) is 5.82 Å². The summed E-state index contributed by atoms with van der Waals surface area (Å²) in [5.74, 6) is 0.663. The Morgan fingerprint density at radius 2 is 1.81 bits per heavy atom. The largest absolute Gasteiger partial charge is 0.338 e. The Balaban J connectivity index is 1.47. The van der Waals surface area contributed by atoms with Crippen LogP contribution in [0.3, 0.4) is 0 Å². The zero-order valence-corrected chi connectivity index (χ0v) is 18.5. The summed E-state index contributed by atoms with van der Waals surface area (Å²) in [6.45, 7) is 10.8. The molecule has 1 fully saturated rings. The number of fused-ring (bicyclic) bond motifs is 2. The highest BCUT2D eigenvalue weighted by Gasteiger charge is 2.33. The summed E-state index contributed by atoms with van der Waals surface area (Å²) < 4.78 is 0. The summed E-state index contributed by atoms with van der Waals surface area (Å²) in [4.78, 5) is 41.0. The van der Waals surface area contributed by atoms with Crippen molar-refractivity contribution in [3.05, 3.63) is 50.4 Å². The highest BCUT2D eigenvalue weighted by molar-refractivity contribution is 6.05. The number of aromatic amines is 2. The molecule has 2 aliphatic heterocycles. The van der Waals surface area contributed by atoms with Crippen LogP contribution in [0.4, 0.5) is 0 Å². The first-order chi connectivity index (χ1) is 15.0. The molecule has 7 heteroatoms. The van der Waals surface area contributed by atoms with Gasteiger partial charge in [-0.2, -0.15) is 0 Å². The lowest BCUT2D eigenvalue weighted by Gasteiger charge is -2.19. The molecule has 5 rings (SSSR count). The molecule has 7 nitrogen and oxygen atoms in total. The molecule has 0 bridgehead atoms. The second-order valence-electron chi connectivity index (χ2n) is 8.91. The minimum Gasteiger partial charge on any atom is -0.338 e. The Kier molecular flexibility index (Phi) is 4.93. The van der Waals surface area contributed by atoms with Gasteiger partial charge in [-0.15, -0.1) is 0 Å². The number of likely N-dealkylation sites (tertiary alicyclic amines) is 1. The fourth-order valence-electron chi connectivity index (χ4n) is 5.17. The molecule has 162 valence electrons. The van der Waals surface area contributed by atoms with Crippen LogP contribution in [0.5, 0.6) is 0 Å². The number of rotatable bonds is 5. The van der Waals surface area contributed by atoms with Crippen molar-refractivity contribution in [1.82, 2.24) is 24.8 Å². The molecule has 0 atom stereocenters. The Hall–Kier alpha value is -2.93. The molecule has 1 saturated heterocycles. The topological polar surface area (TPSA) is 85.1 Å². The lowest BCUT2D eigenvalue weighted by Crippen LogP contribution is -2.29. The Labute approximate surface area is 181 Å². The number of nitrogens with one attached hydrogen (secondary N) is 2. The van der Waals surface area contributed by atoms with E-state index in [1.165, 1.54) is 25.9 Å². The molecular formula is C24H29N5O2. The van der Waals surface area contributed by atoms with Crippen LogP contribution in [0.15, 0.2) is 17.1 Å². The predicted octanol–water partition coefficient (Wildman–Crippen LogP) is 3.29. The average Bonchev–Trinajstić information content (AvgIpc) is 3.46. The average molecular weight is 420 g/mol. The van der Waals surface area contributed by atoms with Crippen LogP contribution in [-0.2, 0) is 6.54 Å². The lowest BCUT2D eigenvalue weighted by atomic mass is 9.97. The van der Waals surface area contributed by atoms with E-state index in [1.54, 1.807) is 6.20 Å². The summed E-state index contributed by atoms with van der Waals surface area (Å²) >= 11 is 0. The number of carbonyl (C=O) groups is 1. The third kappa shape index (κ3) is 3.28. The molecule has 0 unspecified atom stereocenters. The number of amides is 1. The van der Waals surface area contributed by atoms with E-state index in [-0.39, 0.29) is 11.5 Å². The van der Waals surface area contributed by atoms with Gasteiger partial charge in [0.25, 0.3) is 11.5 Å². The van der Waals surface area contributed by atoms with E-state index in [1.807, 2.05) is 31.7 Å². The minimum atomic E-state index is -0.165. The SMILES string of the molecule is Cc1cc[nH]c(=O)c1-c1nc2c(C)c3c(c(C)c2[nH]1)CN(CCCN1CCCC1)C3=O. The van der Waals surface area contributed by atoms with E-state index < -0.39 is 0 Å². The maximum absolute atomic E-state index is 13.2. The third-order valence-electron chi connectivity index (χ3n) is 6.92. The van der Waals surface area contributed by atoms with Gasteiger partial charge in [-0.3, -0.25) is 9.59 Å². The second-order valence-corrected chi connectivity index (χ2v) is 8.91. The minimum absolute atomic E-state index is 0.109. The molecule has 0 radical (unpaired) electrons. The number of hydrogen-bond acceptors (Lipinski definition) is 4. The number of imidazole rings is 1. The van der Waals surface area contributed by atoms with Gasteiger partial charge in [-0.1, -0.05) is 0 Å². The van der Waals surface area contributed by atoms with E-state index in [4.69, 9.17) is 4.98 Å². The first kappa shape index (κ1) is 20.0. The maximum atomic E-state index is 13.2. The van der Waals surface area contributed by atoms with Gasteiger partial charge in [0.05, 0.1) is 22.2 Å². The number of carbonyl (C=O) groups excluding carboxylic acids is 1. The number of H-pyrrole nitrogens is 2. The molecule has 0 spiro atoms. The molecule has 2 aliphatic rings. The fourth-order valence-corrected chi connectivity index (χ4v) is 5.17. The number of aryl methyl sites for hydroxylation is 3. The molecule has 3 aromatic rings. The molecule has 2 aromatic heterocycles. The van der Waals surface area contributed by atoms with Gasteiger partial charge >= 0.3 is 0 Å². The van der Waals surface area contributed by atoms with Crippen LogP contribution in [0.1, 0.15) is 51.9 Å². The molecule has 0 saturated carbocycles. The molecule has 1 amide bonds. The molecule has 1 aromatic carbocycles. The third-order valence-corrected chi connectivity index (χ3v) is 6.92. The van der Waals surface area contributed by atoms with Gasteiger partial charge in [-0.25, -0.2) is 4.98 Å². The molecule has 2 N–H and O–H groups in total. The Bertz CT molecular complexity index is 1230. The number of pyridine rings is 1. The molecule has 4 heterocycles. The summed E-state index contributed by atoms with van der Waals surface area (Å²) in [7, 11) is 0. The first-order valence-corrected chi connectivity index (χ1v) is 11.2. The maximum Gasteiger partial charge on any atom is 0.259 e. The summed E-state index contributed by atoms with van der Waals surface area (Å²) in [5, 5.41) is 0. The van der Waals surface area contributed by atoms with Crippen molar-refractivity contribution in [2.24, 2.45) is 0 Å². The van der Waals surface area contributed by atoms with Crippen molar-refractivity contribution >= 4 is 16.9 Å². The Morgan fingerprint density at radius 3 is 2.55 bits per heavy atom. The lowest BCUT2D eigenvalue weighted by molar-refractivity contribution is 0.0771. The van der Waals surface area contributed by atoms with Gasteiger partial charge in [0.15, 0.2) is 0 Å². The highest BCUT2D eigenvalue weighted by atomic mass is 16.2. The second kappa shape index (κ2) is 7.64. The van der Waals surface area contributed by atoms with Crippen molar-refractivity contribution in [2.45, 2.75) is 46.6 Å². The van der Waals surface area contributed by atoms with E-state index in [0.717, 1.165) is 58.4 Å². The zero-order valence-electron chi connectivity index (χ0n) is 18.5. The quantitative estimate of drug-likeness (QED) is 0.665. The van der Waals surface area contributed by atoms with Crippen molar-refractivity contribution in [3.8, 4) is 11.4 Å². The smallest absolute Gasteiger partial charge is 0.259 e. The van der Waals surface area contributed by atoms with E-state index in [2.05, 4.69) is 14.9 Å². The summed E-state index contributed by atoms with van der Waals surface area (Å²) in [6, 6.07) is 1.87. The normalized spacial score (nSPS) is 16.6. The first-order valence-electron chi connectivity index (χ1n) is 11.2. The van der Waals surface area contributed by atoms with Gasteiger partial charge in [0.2, 0.25) is 0 Å². The van der Waals surface area contributed by atoms with Crippen LogP contribution in [0.2, 0.25) is 0 Å². The number of hydrogen-bond donors (Lipinski definition) is 2. The van der Waals surface area contributed by atoms with Crippen molar-refractivity contribution < 1.29 is 4.79 Å². The number of nitrogens with zero attached hydrogens (tertiary/aromatic N) is 3. The monoisotopic (exact) mass is 419 g/mol. The van der Waals surface area contributed by atoms with Crippen LogP contribution in [-0.4, -0.2) is 56.8 Å². The fraction of sp³-hybridized carbons (Fsp3) is 0.458. The molecule has 0 aliphatic carbocycles. The van der Waals surface area contributed by atoms with Crippen molar-refractivity contribution in [3.63, 3.8) is 0 Å². The van der Waals surface area contributed by atoms with Crippen LogP contribution in [0, 0.1) is 20.8 Å². The highest BCUT2D eigenvalue weighted by Crippen LogP contribution is 2.35. The van der Waals surface area contributed by atoms with E-state index in [9.17, 15) is 9.59 Å². The van der Waals surface area contributed by atoms with Crippen molar-refractivity contribution in [2.75, 3.05) is 26.2 Å². The van der Waals surface area contributed by atoms with Gasteiger partial charge in [0, 0.05) is 19.3 Å². The van der Waals surface area contributed by atoms with Gasteiger partial charge in [-0.05, 0) is 88.0 Å².